The number of carboxylic acid groups (broad SMARTS) is 1. The van der Waals surface area contributed by atoms with Crippen LogP contribution in [0.25, 0.3) is 0 Å². The average Bonchev–Trinajstić information content (AvgIpc) is 3.32. The molecular weight excluding hydrogens is 342 g/mol. The largest absolute Gasteiger partial charge is 0.478 e. The fraction of sp³-hybridized carbons (Fsp3) is 0.412. The molecule has 1 N–H and O–H groups in total. The highest BCUT2D eigenvalue weighted by atomic mass is 32.2. The third kappa shape index (κ3) is 2.60. The molecule has 0 spiro atoms. The second-order valence-corrected chi connectivity index (χ2v) is 8.40. The number of rotatable bonds is 4. The van der Waals surface area contributed by atoms with Gasteiger partial charge in [-0.1, -0.05) is 25.0 Å². The Kier molecular flexibility index (Phi) is 3.79. The summed E-state index contributed by atoms with van der Waals surface area (Å²) in [6.45, 7) is 0.247. The summed E-state index contributed by atoms with van der Waals surface area (Å²) in [6.07, 6.45) is 7.74. The first kappa shape index (κ1) is 16.1. The minimum atomic E-state index is -3.83. The van der Waals surface area contributed by atoms with Gasteiger partial charge in [-0.25, -0.2) is 13.2 Å². The summed E-state index contributed by atoms with van der Waals surface area (Å²) >= 11 is 0. The summed E-state index contributed by atoms with van der Waals surface area (Å²) in [7, 11) is -3.83. The van der Waals surface area contributed by atoms with E-state index in [1.807, 2.05) is 0 Å². The number of carboxylic acids is 1. The lowest BCUT2D eigenvalue weighted by molar-refractivity contribution is 0.0698. The molecule has 1 fully saturated rings. The molecule has 0 unspecified atom stereocenters. The maximum atomic E-state index is 13.1. The summed E-state index contributed by atoms with van der Waals surface area (Å²) < 4.78 is 29.1. The summed E-state index contributed by atoms with van der Waals surface area (Å²) in [6, 6.07) is 5.12. The van der Waals surface area contributed by atoms with E-state index < -0.39 is 16.0 Å². The average molecular weight is 361 g/mol. The second-order valence-electron chi connectivity index (χ2n) is 6.54. The SMILES string of the molecule is O=C(O)c1cccc2c1N(S(=O)(=O)c1cnn(C3CCCC3)c1)CC2. The van der Waals surface area contributed by atoms with Crippen LogP contribution < -0.4 is 4.31 Å². The van der Waals surface area contributed by atoms with E-state index in [9.17, 15) is 18.3 Å². The topological polar surface area (TPSA) is 92.5 Å². The summed E-state index contributed by atoms with van der Waals surface area (Å²) in [5.74, 6) is -1.12. The van der Waals surface area contributed by atoms with E-state index in [2.05, 4.69) is 5.10 Å². The zero-order chi connectivity index (χ0) is 17.6. The zero-order valence-corrected chi connectivity index (χ0v) is 14.4. The Morgan fingerprint density at radius 2 is 2.00 bits per heavy atom. The van der Waals surface area contributed by atoms with Crippen molar-refractivity contribution < 1.29 is 18.3 Å². The van der Waals surface area contributed by atoms with Gasteiger partial charge in [-0.2, -0.15) is 5.10 Å². The molecular formula is C17H19N3O4S. The third-order valence-corrected chi connectivity index (χ3v) is 6.80. The van der Waals surface area contributed by atoms with E-state index in [1.54, 1.807) is 23.0 Å². The molecule has 1 saturated carbocycles. The van der Waals surface area contributed by atoms with Gasteiger partial charge >= 0.3 is 5.97 Å². The van der Waals surface area contributed by atoms with E-state index >= 15 is 0 Å². The normalized spacial score (nSPS) is 17.8. The first-order valence-corrected chi connectivity index (χ1v) is 9.84. The lowest BCUT2D eigenvalue weighted by Gasteiger charge is -2.20. The number of nitrogens with zero attached hydrogens (tertiary/aromatic N) is 3. The molecule has 7 nitrogen and oxygen atoms in total. The Bertz CT molecular complexity index is 929. The zero-order valence-electron chi connectivity index (χ0n) is 13.6. The van der Waals surface area contributed by atoms with Crippen molar-refractivity contribution in [1.82, 2.24) is 9.78 Å². The highest BCUT2D eigenvalue weighted by Gasteiger charge is 2.35. The van der Waals surface area contributed by atoms with Gasteiger partial charge < -0.3 is 5.11 Å². The van der Waals surface area contributed by atoms with Gasteiger partial charge in [-0.05, 0) is 30.9 Å². The van der Waals surface area contributed by atoms with Crippen molar-refractivity contribution in [3.05, 3.63) is 41.7 Å². The van der Waals surface area contributed by atoms with Crippen LogP contribution in [0.1, 0.15) is 47.6 Å². The second kappa shape index (κ2) is 5.87. The maximum absolute atomic E-state index is 13.1. The molecule has 2 heterocycles. The van der Waals surface area contributed by atoms with Gasteiger partial charge in [0.15, 0.2) is 0 Å². The number of para-hydroxylation sites is 1. The van der Waals surface area contributed by atoms with E-state index in [-0.39, 0.29) is 28.7 Å². The number of hydrogen-bond acceptors (Lipinski definition) is 4. The quantitative estimate of drug-likeness (QED) is 0.903. The molecule has 132 valence electrons. The Hall–Kier alpha value is -2.35. The number of aromatic nitrogens is 2. The van der Waals surface area contributed by atoms with Gasteiger partial charge in [0.25, 0.3) is 10.0 Å². The predicted octanol–water partition coefficient (Wildman–Crippen LogP) is 2.45. The fourth-order valence-corrected chi connectivity index (χ4v) is 5.25. The molecule has 1 aliphatic heterocycles. The van der Waals surface area contributed by atoms with Crippen molar-refractivity contribution in [1.29, 1.82) is 0 Å². The van der Waals surface area contributed by atoms with Crippen LogP contribution in [0.4, 0.5) is 5.69 Å². The number of hydrogen-bond donors (Lipinski definition) is 1. The van der Waals surface area contributed by atoms with Crippen LogP contribution in [-0.4, -0.2) is 35.8 Å². The Labute approximate surface area is 145 Å². The molecule has 1 aromatic carbocycles. The molecule has 2 aromatic rings. The van der Waals surface area contributed by atoms with E-state index in [4.69, 9.17) is 0 Å². The van der Waals surface area contributed by atoms with Crippen molar-refractivity contribution in [3.63, 3.8) is 0 Å². The maximum Gasteiger partial charge on any atom is 0.337 e. The van der Waals surface area contributed by atoms with Gasteiger partial charge in [0.2, 0.25) is 0 Å². The number of benzene rings is 1. The van der Waals surface area contributed by atoms with Gasteiger partial charge in [0.1, 0.15) is 4.90 Å². The van der Waals surface area contributed by atoms with Crippen molar-refractivity contribution in [2.75, 3.05) is 10.8 Å². The molecule has 0 atom stereocenters. The molecule has 2 aliphatic rings. The number of carbonyl (C=O) groups is 1. The van der Waals surface area contributed by atoms with Crippen LogP contribution in [0.3, 0.4) is 0 Å². The van der Waals surface area contributed by atoms with Crippen LogP contribution in [0, 0.1) is 0 Å². The molecule has 1 aliphatic carbocycles. The van der Waals surface area contributed by atoms with Crippen LogP contribution in [0.5, 0.6) is 0 Å². The fourth-order valence-electron chi connectivity index (χ4n) is 3.78. The van der Waals surface area contributed by atoms with Gasteiger partial charge in [-0.3, -0.25) is 8.99 Å². The van der Waals surface area contributed by atoms with Gasteiger partial charge in [0.05, 0.1) is 23.5 Å². The lowest BCUT2D eigenvalue weighted by atomic mass is 10.1. The monoisotopic (exact) mass is 361 g/mol. The smallest absolute Gasteiger partial charge is 0.337 e. The number of anilines is 1. The standard InChI is InChI=1S/C17H19N3O4S/c21-17(22)15-7-3-4-12-8-9-20(16(12)15)25(23,24)14-10-18-19(11-14)13-5-1-2-6-13/h3-4,7,10-11,13H,1-2,5-6,8-9H2,(H,21,22). The van der Waals surface area contributed by atoms with E-state index in [0.717, 1.165) is 31.2 Å². The molecule has 0 amide bonds. The minimum Gasteiger partial charge on any atom is -0.478 e. The van der Waals surface area contributed by atoms with Crippen LogP contribution >= 0.6 is 0 Å². The first-order chi connectivity index (χ1) is 12.0. The molecule has 0 radical (unpaired) electrons. The number of fused-ring (bicyclic) bond motifs is 1. The van der Waals surface area contributed by atoms with Gasteiger partial charge in [-0.15, -0.1) is 0 Å². The molecule has 4 rings (SSSR count). The van der Waals surface area contributed by atoms with Crippen molar-refractivity contribution >= 4 is 21.7 Å². The Balaban J connectivity index is 1.73. The van der Waals surface area contributed by atoms with Crippen molar-refractivity contribution in [2.45, 2.75) is 43.0 Å². The highest BCUT2D eigenvalue weighted by Crippen LogP contribution is 2.36. The molecule has 8 heteroatoms. The summed E-state index contributed by atoms with van der Waals surface area (Å²) in [5.41, 5.74) is 1.04. The Morgan fingerprint density at radius 1 is 1.24 bits per heavy atom. The lowest BCUT2D eigenvalue weighted by Crippen LogP contribution is -2.30. The first-order valence-electron chi connectivity index (χ1n) is 8.40. The van der Waals surface area contributed by atoms with E-state index in [1.165, 1.54) is 16.6 Å². The molecule has 25 heavy (non-hydrogen) atoms. The highest BCUT2D eigenvalue weighted by molar-refractivity contribution is 7.92. The predicted molar refractivity (Wildman–Crippen MR) is 91.4 cm³/mol. The number of sulfonamides is 1. The summed E-state index contributed by atoms with van der Waals surface area (Å²) in [5, 5.41) is 13.7. The van der Waals surface area contributed by atoms with Crippen LogP contribution in [-0.2, 0) is 16.4 Å². The molecule has 0 saturated heterocycles. The molecule has 0 bridgehead atoms. The Morgan fingerprint density at radius 3 is 2.72 bits per heavy atom. The minimum absolute atomic E-state index is 0.0155. The number of aromatic carboxylic acids is 1. The van der Waals surface area contributed by atoms with Gasteiger partial charge in [0, 0.05) is 12.7 Å². The van der Waals surface area contributed by atoms with Crippen molar-refractivity contribution in [3.8, 4) is 0 Å². The molecule has 1 aromatic heterocycles. The van der Waals surface area contributed by atoms with Crippen LogP contribution in [0.2, 0.25) is 0 Å². The van der Waals surface area contributed by atoms with Crippen LogP contribution in [0.15, 0.2) is 35.5 Å². The summed E-state index contributed by atoms with van der Waals surface area (Å²) in [4.78, 5) is 11.6. The van der Waals surface area contributed by atoms with Crippen molar-refractivity contribution in [2.24, 2.45) is 0 Å². The van der Waals surface area contributed by atoms with E-state index in [0.29, 0.717) is 6.42 Å². The third-order valence-electron chi connectivity index (χ3n) is 5.05.